The predicted molar refractivity (Wildman–Crippen MR) is 140 cm³/mol. The summed E-state index contributed by atoms with van der Waals surface area (Å²) in [5, 5.41) is 10.2. The molecule has 0 aliphatic rings. The molecule has 0 radical (unpaired) electrons. The fourth-order valence-electron chi connectivity index (χ4n) is 4.64. The normalized spacial score (nSPS) is 11.1. The number of nitrogens with zero attached hydrogens (tertiary/aromatic N) is 2. The third kappa shape index (κ3) is 3.99. The van der Waals surface area contributed by atoms with Gasteiger partial charge in [0.1, 0.15) is 0 Å². The summed E-state index contributed by atoms with van der Waals surface area (Å²) in [7, 11) is 0. The first-order valence-corrected chi connectivity index (χ1v) is 11.4. The summed E-state index contributed by atoms with van der Waals surface area (Å²) in [6.07, 6.45) is 0. The highest BCUT2D eigenvalue weighted by Crippen LogP contribution is 2.31. The molecule has 1 amide bonds. The minimum absolute atomic E-state index is 0.219. The lowest BCUT2D eigenvalue weighted by molar-refractivity contribution is 0.102. The number of hydrogen-bond acceptors (Lipinski definition) is 2. The van der Waals surface area contributed by atoms with Crippen molar-refractivity contribution < 1.29 is 4.79 Å². The standard InChI is InChI=1S/C30H27N3O/c1-19-9-7-12-24(17-19)33-28(26-14-8-11-23-10-5-6-13-25(23)26)18-27(32-33)30(34)31-29-21(3)15-20(2)16-22(29)4/h5-18H,1-4H3,(H,31,34). The molecule has 0 aliphatic heterocycles. The van der Waals surface area contributed by atoms with Crippen LogP contribution in [-0.4, -0.2) is 15.7 Å². The lowest BCUT2D eigenvalue weighted by Gasteiger charge is -2.12. The van der Waals surface area contributed by atoms with Crippen LogP contribution in [0.25, 0.3) is 27.7 Å². The first kappa shape index (κ1) is 21.7. The molecule has 0 spiro atoms. The van der Waals surface area contributed by atoms with Gasteiger partial charge in [0, 0.05) is 11.3 Å². The van der Waals surface area contributed by atoms with Crippen molar-refractivity contribution in [2.45, 2.75) is 27.7 Å². The molecule has 0 bridgehead atoms. The third-order valence-electron chi connectivity index (χ3n) is 6.17. The summed E-state index contributed by atoms with van der Waals surface area (Å²) >= 11 is 0. The van der Waals surface area contributed by atoms with Gasteiger partial charge in [-0.2, -0.15) is 5.10 Å². The van der Waals surface area contributed by atoms with Gasteiger partial charge in [-0.25, -0.2) is 4.68 Å². The van der Waals surface area contributed by atoms with E-state index in [0.717, 1.165) is 50.1 Å². The lowest BCUT2D eigenvalue weighted by Crippen LogP contribution is -2.15. The smallest absolute Gasteiger partial charge is 0.276 e. The Morgan fingerprint density at radius 2 is 1.47 bits per heavy atom. The summed E-state index contributed by atoms with van der Waals surface area (Å²) in [5.41, 5.74) is 8.44. The van der Waals surface area contributed by atoms with Crippen LogP contribution in [0.5, 0.6) is 0 Å². The number of fused-ring (bicyclic) bond motifs is 1. The molecule has 1 aromatic heterocycles. The summed E-state index contributed by atoms with van der Waals surface area (Å²) in [4.78, 5) is 13.4. The largest absolute Gasteiger partial charge is 0.320 e. The van der Waals surface area contributed by atoms with E-state index in [1.807, 2.05) is 54.9 Å². The Hall–Kier alpha value is -4.18. The second-order valence-corrected chi connectivity index (χ2v) is 8.92. The molecule has 34 heavy (non-hydrogen) atoms. The van der Waals surface area contributed by atoms with E-state index in [4.69, 9.17) is 5.10 Å². The summed E-state index contributed by atoms with van der Waals surface area (Å²) in [5.74, 6) is -0.219. The van der Waals surface area contributed by atoms with Crippen LogP contribution >= 0.6 is 0 Å². The number of nitrogens with one attached hydrogen (secondary N) is 1. The fraction of sp³-hybridized carbons (Fsp3) is 0.133. The zero-order valence-electron chi connectivity index (χ0n) is 19.9. The summed E-state index contributed by atoms with van der Waals surface area (Å²) < 4.78 is 1.87. The van der Waals surface area contributed by atoms with Crippen LogP contribution < -0.4 is 5.32 Å². The molecular formula is C30H27N3O. The van der Waals surface area contributed by atoms with Gasteiger partial charge >= 0.3 is 0 Å². The highest BCUT2D eigenvalue weighted by Gasteiger charge is 2.19. The molecule has 1 heterocycles. The Balaban J connectivity index is 1.65. The minimum Gasteiger partial charge on any atom is -0.320 e. The molecule has 4 heteroatoms. The number of anilines is 1. The Labute approximate surface area is 199 Å². The van der Waals surface area contributed by atoms with E-state index >= 15 is 0 Å². The van der Waals surface area contributed by atoms with Crippen LogP contribution in [-0.2, 0) is 0 Å². The van der Waals surface area contributed by atoms with Crippen molar-refractivity contribution in [3.63, 3.8) is 0 Å². The quantitative estimate of drug-likeness (QED) is 0.318. The van der Waals surface area contributed by atoms with Crippen molar-refractivity contribution in [2.75, 3.05) is 5.32 Å². The molecule has 0 saturated heterocycles. The lowest BCUT2D eigenvalue weighted by atomic mass is 10.0. The van der Waals surface area contributed by atoms with Gasteiger partial charge in [-0.05, 0) is 73.4 Å². The van der Waals surface area contributed by atoms with Crippen LogP contribution in [0.4, 0.5) is 5.69 Å². The monoisotopic (exact) mass is 445 g/mol. The van der Waals surface area contributed by atoms with E-state index in [1.165, 1.54) is 5.56 Å². The molecule has 168 valence electrons. The predicted octanol–water partition coefficient (Wildman–Crippen LogP) is 7.18. The Morgan fingerprint density at radius 3 is 2.24 bits per heavy atom. The molecule has 0 fully saturated rings. The van der Waals surface area contributed by atoms with E-state index in [-0.39, 0.29) is 5.91 Å². The molecule has 5 aromatic rings. The van der Waals surface area contributed by atoms with Gasteiger partial charge < -0.3 is 5.32 Å². The number of amides is 1. The summed E-state index contributed by atoms with van der Waals surface area (Å²) in [6, 6.07) is 28.7. The maximum atomic E-state index is 13.4. The number of carbonyl (C=O) groups is 1. The molecule has 0 atom stereocenters. The highest BCUT2D eigenvalue weighted by atomic mass is 16.2. The van der Waals surface area contributed by atoms with Crippen LogP contribution in [0, 0.1) is 27.7 Å². The van der Waals surface area contributed by atoms with E-state index in [1.54, 1.807) is 0 Å². The number of rotatable bonds is 4. The maximum absolute atomic E-state index is 13.4. The zero-order chi connectivity index (χ0) is 23.8. The number of hydrogen-bond donors (Lipinski definition) is 1. The molecule has 1 N–H and O–H groups in total. The second kappa shape index (κ2) is 8.64. The van der Waals surface area contributed by atoms with Gasteiger partial charge in [0.2, 0.25) is 0 Å². The molecular weight excluding hydrogens is 418 g/mol. The SMILES string of the molecule is Cc1cccc(-n2nc(C(=O)Nc3c(C)cc(C)cc3C)cc2-c2cccc3ccccc23)c1. The molecule has 4 nitrogen and oxygen atoms in total. The van der Waals surface area contributed by atoms with Crippen molar-refractivity contribution in [2.24, 2.45) is 0 Å². The highest BCUT2D eigenvalue weighted by molar-refractivity contribution is 6.05. The van der Waals surface area contributed by atoms with Gasteiger partial charge in [-0.15, -0.1) is 0 Å². The molecule has 0 unspecified atom stereocenters. The zero-order valence-corrected chi connectivity index (χ0v) is 19.9. The Kier molecular flexibility index (Phi) is 5.50. The van der Waals surface area contributed by atoms with Crippen LogP contribution in [0.1, 0.15) is 32.7 Å². The first-order valence-electron chi connectivity index (χ1n) is 11.4. The minimum atomic E-state index is -0.219. The van der Waals surface area contributed by atoms with Crippen molar-refractivity contribution in [3.05, 3.63) is 113 Å². The van der Waals surface area contributed by atoms with Crippen LogP contribution in [0.15, 0.2) is 84.9 Å². The van der Waals surface area contributed by atoms with Gasteiger partial charge in [-0.3, -0.25) is 4.79 Å². The van der Waals surface area contributed by atoms with Gasteiger partial charge in [0.15, 0.2) is 5.69 Å². The number of aromatic nitrogens is 2. The van der Waals surface area contributed by atoms with Crippen LogP contribution in [0.3, 0.4) is 0 Å². The molecule has 4 aromatic carbocycles. The van der Waals surface area contributed by atoms with Crippen LogP contribution in [0.2, 0.25) is 0 Å². The van der Waals surface area contributed by atoms with Crippen molar-refractivity contribution >= 4 is 22.4 Å². The van der Waals surface area contributed by atoms with Gasteiger partial charge in [-0.1, -0.05) is 72.3 Å². The van der Waals surface area contributed by atoms with Gasteiger partial charge in [0.05, 0.1) is 11.4 Å². The Morgan fingerprint density at radius 1 is 0.765 bits per heavy atom. The number of aryl methyl sites for hydroxylation is 4. The van der Waals surface area contributed by atoms with E-state index < -0.39 is 0 Å². The average Bonchev–Trinajstić information content (AvgIpc) is 3.26. The molecule has 5 rings (SSSR count). The molecule has 0 aliphatic carbocycles. The molecule has 0 saturated carbocycles. The van der Waals surface area contributed by atoms with E-state index in [9.17, 15) is 4.79 Å². The second-order valence-electron chi connectivity index (χ2n) is 8.92. The average molecular weight is 446 g/mol. The van der Waals surface area contributed by atoms with E-state index in [2.05, 4.69) is 67.7 Å². The van der Waals surface area contributed by atoms with Gasteiger partial charge in [0.25, 0.3) is 5.91 Å². The Bertz CT molecular complexity index is 1520. The first-order chi connectivity index (χ1) is 16.4. The van der Waals surface area contributed by atoms with Crippen molar-refractivity contribution in [1.29, 1.82) is 0 Å². The van der Waals surface area contributed by atoms with E-state index in [0.29, 0.717) is 5.69 Å². The van der Waals surface area contributed by atoms with Crippen molar-refractivity contribution in [1.82, 2.24) is 9.78 Å². The maximum Gasteiger partial charge on any atom is 0.276 e. The van der Waals surface area contributed by atoms with Crippen molar-refractivity contribution in [3.8, 4) is 16.9 Å². The number of benzene rings is 4. The topological polar surface area (TPSA) is 46.9 Å². The summed E-state index contributed by atoms with van der Waals surface area (Å²) in [6.45, 7) is 8.15. The number of carbonyl (C=O) groups excluding carboxylic acids is 1. The third-order valence-corrected chi connectivity index (χ3v) is 6.17. The fourth-order valence-corrected chi connectivity index (χ4v) is 4.64.